The van der Waals surface area contributed by atoms with Crippen molar-refractivity contribution < 1.29 is 67.4 Å². The van der Waals surface area contributed by atoms with Gasteiger partial charge in [-0.05, 0) is 17.0 Å². The molecule has 1 aliphatic rings. The van der Waals surface area contributed by atoms with Crippen LogP contribution >= 0.6 is 15.6 Å². The fourth-order valence-corrected chi connectivity index (χ4v) is 1.98. The first kappa shape index (κ1) is 30.4. The van der Waals surface area contributed by atoms with Crippen molar-refractivity contribution in [3.8, 4) is 0 Å². The van der Waals surface area contributed by atoms with Gasteiger partial charge in [0.15, 0.2) is 0 Å². The van der Waals surface area contributed by atoms with E-state index in [1.165, 1.54) is 11.1 Å². The minimum atomic E-state index is -10.7. The van der Waals surface area contributed by atoms with Crippen LogP contribution in [0, 0.1) is 0 Å². The summed E-state index contributed by atoms with van der Waals surface area (Å²) in [6.45, 7) is 4.50. The van der Waals surface area contributed by atoms with Crippen LogP contribution in [0.15, 0.2) is 48.6 Å². The van der Waals surface area contributed by atoms with E-state index in [9.17, 15) is 50.4 Å². The Hall–Kier alpha value is -0.761. The first-order valence-electron chi connectivity index (χ1n) is 7.25. The Morgan fingerprint density at radius 2 is 0.966 bits per heavy atom. The fraction of sp³-hybridized carbons (Fsp3) is 0.286. The van der Waals surface area contributed by atoms with E-state index in [1.807, 2.05) is 0 Å². The summed E-state index contributed by atoms with van der Waals surface area (Å²) in [6, 6.07) is 8.72. The van der Waals surface area contributed by atoms with Gasteiger partial charge in [-0.1, -0.05) is 62.4 Å². The van der Waals surface area contributed by atoms with Gasteiger partial charge in [0, 0.05) is 5.92 Å². The van der Waals surface area contributed by atoms with Crippen LogP contribution in [0.1, 0.15) is 36.8 Å². The Labute approximate surface area is 169 Å². The van der Waals surface area contributed by atoms with E-state index >= 15 is 0 Å². The van der Waals surface area contributed by atoms with Gasteiger partial charge in [-0.25, -0.2) is 0 Å². The third-order valence-electron chi connectivity index (χ3n) is 2.73. The predicted octanol–water partition coefficient (Wildman–Crippen LogP) is 10.8. The van der Waals surface area contributed by atoms with Crippen molar-refractivity contribution in [1.82, 2.24) is 0 Å². The minimum Gasteiger partial charge on any atom is 2.00 e. The molecule has 0 fully saturated rings. The van der Waals surface area contributed by atoms with Crippen molar-refractivity contribution in [2.45, 2.75) is 25.7 Å². The average Bonchev–Trinajstić information content (AvgIpc) is 2.84. The largest absolute Gasteiger partial charge is 2.00 e. The van der Waals surface area contributed by atoms with Gasteiger partial charge in [-0.2, -0.15) is 0 Å². The summed E-state index contributed by atoms with van der Waals surface area (Å²) in [7, 11) is -21.3. The van der Waals surface area contributed by atoms with E-state index in [4.69, 9.17) is 0 Å². The summed E-state index contributed by atoms with van der Waals surface area (Å²) in [6.07, 6.45) is 8.76. The van der Waals surface area contributed by atoms with Crippen LogP contribution < -0.4 is 0 Å². The Morgan fingerprint density at radius 3 is 1.28 bits per heavy atom. The molecule has 0 saturated heterocycles. The van der Waals surface area contributed by atoms with Gasteiger partial charge in [-0.3, -0.25) is 0 Å². The first-order chi connectivity index (χ1) is 11.7. The van der Waals surface area contributed by atoms with Crippen LogP contribution in [0.4, 0.5) is 50.4 Å². The standard InChI is InChI=1S/C14H16.2F6P.Fe/c1-11(2)13-9-5-6-10-14(13)12-7-3-4-8-12;2*1-7(2,3,4,5)6;/h3-12H,1-2H3;;;/q;2*-1;+2. The Kier molecular flexibility index (Phi) is 8.12. The molecule has 0 N–H and O–H groups in total. The quantitative estimate of drug-likeness (QED) is 0.203. The summed E-state index contributed by atoms with van der Waals surface area (Å²) in [4.78, 5) is 0. The fourth-order valence-electron chi connectivity index (χ4n) is 1.98. The number of hydrogen-bond donors (Lipinski definition) is 0. The number of allylic oxidation sites excluding steroid dienone is 4. The van der Waals surface area contributed by atoms with Crippen LogP contribution in [0.25, 0.3) is 0 Å². The molecular weight excluding hydrogens is 514 g/mol. The van der Waals surface area contributed by atoms with Gasteiger partial charge in [0.05, 0.1) is 0 Å². The maximum absolute atomic E-state index is 10.7. The number of halogens is 12. The molecule has 0 spiro atoms. The SMILES string of the molecule is CC(C)c1ccccc1C1C=CC=C1.F[P-](F)(F)(F)(F)F.F[P-](F)(F)(F)(F)F.[Fe+2]. The van der Waals surface area contributed by atoms with Crippen molar-refractivity contribution >= 4 is 15.6 Å². The second-order valence-electron chi connectivity index (χ2n) is 6.00. The summed E-state index contributed by atoms with van der Waals surface area (Å²) in [5.74, 6) is 1.10. The zero-order chi connectivity index (χ0) is 22.8. The third kappa shape index (κ3) is 27.2. The van der Waals surface area contributed by atoms with Crippen molar-refractivity contribution in [2.24, 2.45) is 0 Å². The van der Waals surface area contributed by atoms with Gasteiger partial charge in [-0.15, -0.1) is 0 Å². The smallest absolute Gasteiger partial charge is 2.00 e. The van der Waals surface area contributed by atoms with Gasteiger partial charge in [0.2, 0.25) is 0 Å². The molecule has 0 nitrogen and oxygen atoms in total. The Balaban J connectivity index is 0. The molecule has 15 heteroatoms. The predicted molar refractivity (Wildman–Crippen MR) is 88.7 cm³/mol. The zero-order valence-corrected chi connectivity index (χ0v) is 17.5. The molecular formula is C14H16F12FeP2. The van der Waals surface area contributed by atoms with Gasteiger partial charge < -0.3 is 0 Å². The Morgan fingerprint density at radius 1 is 0.655 bits per heavy atom. The molecule has 0 atom stereocenters. The molecule has 0 aliphatic heterocycles. The second kappa shape index (κ2) is 7.74. The normalized spacial score (nSPS) is 18.7. The van der Waals surface area contributed by atoms with E-state index in [0.717, 1.165) is 0 Å². The van der Waals surface area contributed by atoms with Crippen LogP contribution in [-0.4, -0.2) is 0 Å². The number of hydrogen-bond acceptors (Lipinski definition) is 0. The molecule has 0 bridgehead atoms. The average molecular weight is 530 g/mol. The molecule has 29 heavy (non-hydrogen) atoms. The molecule has 1 aliphatic carbocycles. The van der Waals surface area contributed by atoms with E-state index in [-0.39, 0.29) is 17.1 Å². The van der Waals surface area contributed by atoms with E-state index < -0.39 is 15.6 Å². The van der Waals surface area contributed by atoms with Crippen LogP contribution in [0.5, 0.6) is 0 Å². The van der Waals surface area contributed by atoms with Crippen molar-refractivity contribution in [3.63, 3.8) is 0 Å². The zero-order valence-electron chi connectivity index (χ0n) is 14.6. The van der Waals surface area contributed by atoms with Crippen LogP contribution in [-0.2, 0) is 17.1 Å². The monoisotopic (exact) mass is 530 g/mol. The molecule has 0 amide bonds. The molecule has 1 aromatic carbocycles. The molecule has 2 rings (SSSR count). The van der Waals surface area contributed by atoms with E-state index in [2.05, 4.69) is 62.4 Å². The summed E-state index contributed by atoms with van der Waals surface area (Å²) < 4.78 is 118. The van der Waals surface area contributed by atoms with Crippen molar-refractivity contribution in [3.05, 3.63) is 59.7 Å². The van der Waals surface area contributed by atoms with Crippen molar-refractivity contribution in [1.29, 1.82) is 0 Å². The summed E-state index contributed by atoms with van der Waals surface area (Å²) >= 11 is 0. The van der Waals surface area contributed by atoms with Crippen molar-refractivity contribution in [2.75, 3.05) is 0 Å². The summed E-state index contributed by atoms with van der Waals surface area (Å²) in [5.41, 5.74) is 2.92. The van der Waals surface area contributed by atoms with E-state index in [0.29, 0.717) is 11.8 Å². The molecule has 0 aromatic heterocycles. The van der Waals surface area contributed by atoms with E-state index in [1.54, 1.807) is 0 Å². The summed E-state index contributed by atoms with van der Waals surface area (Å²) in [5, 5.41) is 0. The maximum atomic E-state index is 9.87. The van der Waals surface area contributed by atoms with Gasteiger partial charge in [0.1, 0.15) is 0 Å². The third-order valence-corrected chi connectivity index (χ3v) is 2.73. The van der Waals surface area contributed by atoms with Crippen LogP contribution in [0.2, 0.25) is 0 Å². The maximum Gasteiger partial charge on any atom is 2.00 e. The molecule has 0 radical (unpaired) electrons. The molecule has 0 unspecified atom stereocenters. The molecule has 1 aromatic rings. The topological polar surface area (TPSA) is 0 Å². The van der Waals surface area contributed by atoms with Gasteiger partial charge >= 0.3 is 83.0 Å². The van der Waals surface area contributed by atoms with Gasteiger partial charge in [0.25, 0.3) is 0 Å². The van der Waals surface area contributed by atoms with Crippen LogP contribution in [0.3, 0.4) is 0 Å². The molecule has 0 heterocycles. The Bertz CT molecular complexity index is 681. The second-order valence-corrected chi connectivity index (χ2v) is 9.83. The number of rotatable bonds is 2. The molecule has 174 valence electrons. The minimum absolute atomic E-state index is 0. The first-order valence-corrected chi connectivity index (χ1v) is 11.3. The molecule has 0 saturated carbocycles. The number of benzene rings is 1.